The minimum Gasteiger partial charge on any atom is -0.668 e. The molecule has 6 nitrogen and oxygen atoms in total. The molecule has 1 heterocycles. The van der Waals surface area contributed by atoms with Crippen LogP contribution in [0.1, 0.15) is 37.3 Å². The quantitative estimate of drug-likeness (QED) is 0.280. The van der Waals surface area contributed by atoms with Gasteiger partial charge in [0.25, 0.3) is 0 Å². The topological polar surface area (TPSA) is 78.1 Å². The van der Waals surface area contributed by atoms with Gasteiger partial charge in [0.2, 0.25) is 0 Å². The van der Waals surface area contributed by atoms with Gasteiger partial charge in [-0.2, -0.15) is 18.3 Å². The van der Waals surface area contributed by atoms with E-state index in [4.69, 9.17) is 15.2 Å². The Morgan fingerprint density at radius 3 is 2.28 bits per heavy atom. The summed E-state index contributed by atoms with van der Waals surface area (Å²) in [5.41, 5.74) is 6.27. The molecular weight excluding hydrogens is 505 g/mol. The van der Waals surface area contributed by atoms with Gasteiger partial charge in [0, 0.05) is 37.4 Å². The summed E-state index contributed by atoms with van der Waals surface area (Å²) < 4.78 is 78.2. The summed E-state index contributed by atoms with van der Waals surface area (Å²) in [5, 5.41) is 15.0. The van der Waals surface area contributed by atoms with E-state index in [2.05, 4.69) is 5.10 Å². The number of nitrogens with one attached hydrogen (secondary N) is 1. The fourth-order valence-electron chi connectivity index (χ4n) is 3.52. The summed E-state index contributed by atoms with van der Waals surface area (Å²) in [7, 11) is 1.61. The number of alkyl halides is 3. The first-order valence-corrected chi connectivity index (χ1v) is 12.1. The number of hydrogen-bond donors (Lipinski definition) is 1. The van der Waals surface area contributed by atoms with E-state index >= 15 is 0 Å². The second-order valence-corrected chi connectivity index (χ2v) is 9.66. The van der Waals surface area contributed by atoms with Gasteiger partial charge in [-0.15, -0.1) is 0 Å². The monoisotopic (exact) mass is 532 g/mol. The number of ether oxygens (including phenoxy) is 2. The highest BCUT2D eigenvalue weighted by Gasteiger charge is 2.37. The predicted octanol–water partition coefficient (Wildman–Crippen LogP) is 6.08. The Labute approximate surface area is 210 Å². The highest BCUT2D eigenvalue weighted by Crippen LogP contribution is 2.40. The molecule has 0 spiro atoms. The van der Waals surface area contributed by atoms with Gasteiger partial charge in [-0.05, 0) is 37.5 Å². The van der Waals surface area contributed by atoms with Crippen LogP contribution < -0.4 is 9.47 Å². The number of rotatable bonds is 11. The van der Waals surface area contributed by atoms with Crippen LogP contribution in [0.15, 0.2) is 41.5 Å². The van der Waals surface area contributed by atoms with Gasteiger partial charge in [0.1, 0.15) is 28.2 Å². The van der Waals surface area contributed by atoms with Crippen molar-refractivity contribution in [2.45, 2.75) is 43.3 Å². The SMILES string of the molecule is CN1N=C(c2ccc(OCCCCCOc3cc(F)cc(F)c3)c(C(F)(F)F)c2)SC1[C@@](C)([NH-])CO. The van der Waals surface area contributed by atoms with Gasteiger partial charge in [-0.25, -0.2) is 8.78 Å². The average molecular weight is 533 g/mol. The van der Waals surface area contributed by atoms with Crippen LogP contribution in [-0.4, -0.2) is 52.9 Å². The number of thioether (sulfide) groups is 1. The van der Waals surface area contributed by atoms with Crippen molar-refractivity contribution in [3.63, 3.8) is 0 Å². The largest absolute Gasteiger partial charge is 0.668 e. The molecule has 36 heavy (non-hydrogen) atoms. The Bertz CT molecular complexity index is 1060. The number of aliphatic hydroxyl groups excluding tert-OH is 1. The van der Waals surface area contributed by atoms with Crippen LogP contribution in [0.5, 0.6) is 11.5 Å². The lowest BCUT2D eigenvalue weighted by atomic mass is 10.1. The van der Waals surface area contributed by atoms with Crippen LogP contribution in [0.4, 0.5) is 22.0 Å². The summed E-state index contributed by atoms with van der Waals surface area (Å²) in [6, 6.07) is 6.59. The Morgan fingerprint density at radius 2 is 1.67 bits per heavy atom. The van der Waals surface area contributed by atoms with Crippen LogP contribution in [0.3, 0.4) is 0 Å². The maximum absolute atomic E-state index is 13.7. The van der Waals surface area contributed by atoms with E-state index < -0.39 is 40.9 Å². The lowest BCUT2D eigenvalue weighted by Crippen LogP contribution is -2.43. The minimum atomic E-state index is -4.65. The van der Waals surface area contributed by atoms with Crippen LogP contribution in [0.2, 0.25) is 0 Å². The molecule has 0 saturated heterocycles. The maximum atomic E-state index is 13.7. The van der Waals surface area contributed by atoms with E-state index in [1.54, 1.807) is 7.05 Å². The number of aliphatic hydroxyl groups is 1. The third kappa shape index (κ3) is 7.23. The van der Waals surface area contributed by atoms with Crippen molar-refractivity contribution in [1.82, 2.24) is 5.01 Å². The Morgan fingerprint density at radius 1 is 1.03 bits per heavy atom. The lowest BCUT2D eigenvalue weighted by Gasteiger charge is -2.40. The normalized spacial score (nSPS) is 17.6. The minimum absolute atomic E-state index is 0.0469. The lowest BCUT2D eigenvalue weighted by molar-refractivity contribution is -0.139. The number of halogens is 5. The second-order valence-electron chi connectivity index (χ2n) is 8.60. The maximum Gasteiger partial charge on any atom is 0.419 e. The molecule has 1 aliphatic rings. The Hall–Kier alpha value is -2.57. The van der Waals surface area contributed by atoms with Crippen molar-refractivity contribution in [2.24, 2.45) is 5.10 Å². The zero-order chi connectivity index (χ0) is 26.5. The zero-order valence-electron chi connectivity index (χ0n) is 19.7. The molecule has 2 atom stereocenters. The van der Waals surface area contributed by atoms with E-state index in [1.807, 2.05) is 0 Å². The highest BCUT2D eigenvalue weighted by molar-refractivity contribution is 8.15. The van der Waals surface area contributed by atoms with Crippen molar-refractivity contribution >= 4 is 16.8 Å². The molecule has 0 radical (unpaired) electrons. The predicted molar refractivity (Wildman–Crippen MR) is 128 cm³/mol. The first-order chi connectivity index (χ1) is 16.9. The van der Waals surface area contributed by atoms with Gasteiger partial charge in [0.15, 0.2) is 0 Å². The summed E-state index contributed by atoms with van der Waals surface area (Å²) in [5.74, 6) is -1.71. The number of nitrogens with zero attached hydrogens (tertiary/aromatic N) is 2. The van der Waals surface area contributed by atoms with E-state index in [9.17, 15) is 27.1 Å². The van der Waals surface area contributed by atoms with E-state index in [-0.39, 0.29) is 30.3 Å². The van der Waals surface area contributed by atoms with Gasteiger partial charge < -0.3 is 20.3 Å². The van der Waals surface area contributed by atoms with E-state index in [1.165, 1.54) is 24.1 Å². The molecule has 2 aromatic rings. The molecule has 0 aromatic heterocycles. The van der Waals surface area contributed by atoms with Crippen LogP contribution in [0.25, 0.3) is 5.73 Å². The fraction of sp³-hybridized carbons (Fsp3) is 0.458. The fourth-order valence-corrected chi connectivity index (χ4v) is 4.71. The summed E-state index contributed by atoms with van der Waals surface area (Å²) >= 11 is 1.12. The van der Waals surface area contributed by atoms with Gasteiger partial charge >= 0.3 is 6.18 Å². The number of hydrogen-bond acceptors (Lipinski definition) is 6. The zero-order valence-corrected chi connectivity index (χ0v) is 20.6. The molecule has 2 aromatic carbocycles. The molecular formula is C24H27F5N3O3S-. The van der Waals surface area contributed by atoms with Crippen molar-refractivity contribution in [3.8, 4) is 11.5 Å². The Balaban J connectivity index is 1.54. The van der Waals surface area contributed by atoms with Gasteiger partial charge in [-0.3, -0.25) is 5.01 Å². The molecule has 1 unspecified atom stereocenters. The first kappa shape index (κ1) is 28.0. The average Bonchev–Trinajstić information content (AvgIpc) is 3.19. The molecule has 198 valence electrons. The third-order valence-corrected chi connectivity index (χ3v) is 6.96. The smallest absolute Gasteiger partial charge is 0.419 e. The molecule has 12 heteroatoms. The Kier molecular flexibility index (Phi) is 9.07. The van der Waals surface area contributed by atoms with Crippen molar-refractivity contribution in [1.29, 1.82) is 0 Å². The van der Waals surface area contributed by atoms with E-state index in [0.29, 0.717) is 24.3 Å². The number of benzene rings is 2. The number of likely N-dealkylation sites (N-methyl/N-ethyl adjacent to an activating group) is 1. The molecule has 3 rings (SSSR count). The molecule has 0 amide bonds. The summed E-state index contributed by atoms with van der Waals surface area (Å²) in [6.45, 7) is 1.36. The molecule has 2 N–H and O–H groups in total. The van der Waals surface area contributed by atoms with Gasteiger partial charge in [-0.1, -0.05) is 24.2 Å². The van der Waals surface area contributed by atoms with E-state index in [0.717, 1.165) is 36.0 Å². The third-order valence-electron chi connectivity index (χ3n) is 5.37. The van der Waals surface area contributed by atoms with Crippen LogP contribution in [0, 0.1) is 11.6 Å². The van der Waals surface area contributed by atoms with Gasteiger partial charge in [0.05, 0.1) is 24.2 Å². The van der Waals surface area contributed by atoms with Crippen molar-refractivity contribution in [2.75, 3.05) is 26.9 Å². The second kappa shape index (κ2) is 11.7. The molecule has 0 bridgehead atoms. The number of hydrazone groups is 1. The summed E-state index contributed by atoms with van der Waals surface area (Å²) in [6.07, 6.45) is -3.09. The standard InChI is InChI=1S/C24H27F5N3O3S/c1-23(30,14-33)22-32(2)31-21(36-22)15-6-7-20(19(10-15)24(27,28)29)35-9-5-3-4-8-34-18-12-16(25)11-17(26)13-18/h6-7,10-13,22,30,33H,3-5,8-9,14H2,1-2H3/q-1/t22?,23-/m0/s1. The molecule has 0 aliphatic carbocycles. The van der Waals surface area contributed by atoms with Crippen molar-refractivity contribution in [3.05, 3.63) is 64.9 Å². The highest BCUT2D eigenvalue weighted by atomic mass is 32.2. The first-order valence-electron chi connectivity index (χ1n) is 11.2. The van der Waals surface area contributed by atoms with Crippen molar-refractivity contribution < 1.29 is 36.5 Å². The molecule has 1 aliphatic heterocycles. The summed E-state index contributed by atoms with van der Waals surface area (Å²) in [4.78, 5) is 0. The van der Waals surface area contributed by atoms with Crippen LogP contribution in [-0.2, 0) is 6.18 Å². The van der Waals surface area contributed by atoms with Crippen LogP contribution >= 0.6 is 11.8 Å². The molecule has 0 saturated carbocycles. The molecule has 0 fully saturated rings. The number of unbranched alkanes of at least 4 members (excludes halogenated alkanes) is 2.